The molecule has 0 saturated carbocycles. The van der Waals surface area contributed by atoms with Crippen molar-refractivity contribution in [2.45, 2.75) is 27.7 Å². The van der Waals surface area contributed by atoms with E-state index in [4.69, 9.17) is 5.73 Å². The molecule has 0 bridgehead atoms. The molecule has 1 aromatic rings. The highest BCUT2D eigenvalue weighted by molar-refractivity contribution is 5.58. The summed E-state index contributed by atoms with van der Waals surface area (Å²) in [6.45, 7) is 9.42. The molecule has 0 unspecified atom stereocenters. The van der Waals surface area contributed by atoms with E-state index in [-0.39, 0.29) is 5.41 Å². The zero-order valence-electron chi connectivity index (χ0n) is 9.68. The number of H-pyrrole nitrogens is 1. The first-order chi connectivity index (χ1) is 6.29. The van der Waals surface area contributed by atoms with Gasteiger partial charge in [-0.05, 0) is 12.3 Å². The predicted molar refractivity (Wildman–Crippen MR) is 60.5 cm³/mol. The first-order valence-corrected chi connectivity index (χ1v) is 4.83. The number of aromatic nitrogens is 2. The van der Waals surface area contributed by atoms with Gasteiger partial charge in [0.05, 0.1) is 0 Å². The SMILES string of the molecule is Cc1nc(N(C)CC(C)(C)C)c(N)[nH]1. The van der Waals surface area contributed by atoms with E-state index in [1.54, 1.807) is 0 Å². The Bertz CT molecular complexity index is 308. The lowest BCUT2D eigenvalue weighted by molar-refractivity contribution is 0.418. The molecule has 0 amide bonds. The maximum absolute atomic E-state index is 5.80. The summed E-state index contributed by atoms with van der Waals surface area (Å²) >= 11 is 0. The molecule has 4 nitrogen and oxygen atoms in total. The van der Waals surface area contributed by atoms with Gasteiger partial charge in [-0.2, -0.15) is 0 Å². The van der Waals surface area contributed by atoms with Crippen LogP contribution in [0.3, 0.4) is 0 Å². The van der Waals surface area contributed by atoms with Crippen molar-refractivity contribution >= 4 is 11.6 Å². The largest absolute Gasteiger partial charge is 0.382 e. The van der Waals surface area contributed by atoms with Crippen LogP contribution < -0.4 is 10.6 Å². The first kappa shape index (κ1) is 10.9. The Labute approximate surface area is 85.5 Å². The first-order valence-electron chi connectivity index (χ1n) is 4.83. The molecular weight excluding hydrogens is 176 g/mol. The van der Waals surface area contributed by atoms with Gasteiger partial charge < -0.3 is 15.6 Å². The molecule has 0 aliphatic carbocycles. The molecule has 0 saturated heterocycles. The highest BCUT2D eigenvalue weighted by Crippen LogP contribution is 2.22. The van der Waals surface area contributed by atoms with Crippen LogP contribution in [0.2, 0.25) is 0 Å². The molecule has 1 aromatic heterocycles. The summed E-state index contributed by atoms with van der Waals surface area (Å²) in [6, 6.07) is 0. The Morgan fingerprint density at radius 2 is 2.00 bits per heavy atom. The predicted octanol–water partition coefficient (Wildman–Crippen LogP) is 1.78. The van der Waals surface area contributed by atoms with Gasteiger partial charge in [-0.1, -0.05) is 20.8 Å². The van der Waals surface area contributed by atoms with Crippen LogP contribution in [-0.4, -0.2) is 23.6 Å². The van der Waals surface area contributed by atoms with Gasteiger partial charge in [0.15, 0.2) is 5.82 Å². The van der Waals surface area contributed by atoms with Crippen LogP contribution in [0.25, 0.3) is 0 Å². The summed E-state index contributed by atoms with van der Waals surface area (Å²) in [6.07, 6.45) is 0. The standard InChI is InChI=1S/C10H20N4/c1-7-12-8(11)9(13-7)14(5)6-10(2,3)4/h6,11H2,1-5H3,(H,12,13). The van der Waals surface area contributed by atoms with Gasteiger partial charge in [0, 0.05) is 13.6 Å². The summed E-state index contributed by atoms with van der Waals surface area (Å²) in [4.78, 5) is 9.42. The van der Waals surface area contributed by atoms with Crippen LogP contribution in [0, 0.1) is 12.3 Å². The molecule has 1 heterocycles. The van der Waals surface area contributed by atoms with Gasteiger partial charge in [-0.25, -0.2) is 4.98 Å². The number of aromatic amines is 1. The summed E-state index contributed by atoms with van der Waals surface area (Å²) in [5, 5.41) is 0. The molecule has 0 aliphatic rings. The zero-order valence-corrected chi connectivity index (χ0v) is 9.68. The lowest BCUT2D eigenvalue weighted by atomic mass is 9.96. The fourth-order valence-corrected chi connectivity index (χ4v) is 1.58. The summed E-state index contributed by atoms with van der Waals surface area (Å²) in [5.41, 5.74) is 6.05. The second kappa shape index (κ2) is 3.52. The zero-order chi connectivity index (χ0) is 10.9. The van der Waals surface area contributed by atoms with E-state index in [1.807, 2.05) is 14.0 Å². The molecule has 0 spiro atoms. The summed E-state index contributed by atoms with van der Waals surface area (Å²) in [7, 11) is 2.01. The second-order valence-corrected chi connectivity index (χ2v) is 4.98. The van der Waals surface area contributed by atoms with Crippen LogP contribution in [0.1, 0.15) is 26.6 Å². The van der Waals surface area contributed by atoms with Crippen LogP contribution in [-0.2, 0) is 0 Å². The third kappa shape index (κ3) is 2.65. The third-order valence-corrected chi connectivity index (χ3v) is 1.90. The summed E-state index contributed by atoms with van der Waals surface area (Å²) < 4.78 is 0. The third-order valence-electron chi connectivity index (χ3n) is 1.90. The number of anilines is 2. The van der Waals surface area contributed by atoms with Crippen molar-refractivity contribution in [1.82, 2.24) is 9.97 Å². The van der Waals surface area contributed by atoms with E-state index in [0.717, 1.165) is 18.2 Å². The normalized spacial score (nSPS) is 11.8. The van der Waals surface area contributed by atoms with Gasteiger partial charge >= 0.3 is 0 Å². The topological polar surface area (TPSA) is 57.9 Å². The van der Waals surface area contributed by atoms with E-state index >= 15 is 0 Å². The number of nitrogens with zero attached hydrogens (tertiary/aromatic N) is 2. The average molecular weight is 196 g/mol. The fraction of sp³-hybridized carbons (Fsp3) is 0.700. The second-order valence-electron chi connectivity index (χ2n) is 4.98. The Morgan fingerprint density at radius 3 is 2.36 bits per heavy atom. The van der Waals surface area contributed by atoms with Crippen molar-refractivity contribution in [1.29, 1.82) is 0 Å². The van der Waals surface area contributed by atoms with Crippen LogP contribution in [0.15, 0.2) is 0 Å². The summed E-state index contributed by atoms with van der Waals surface area (Å²) in [5.74, 6) is 2.35. The van der Waals surface area contributed by atoms with E-state index in [2.05, 4.69) is 35.6 Å². The fourth-order valence-electron chi connectivity index (χ4n) is 1.58. The van der Waals surface area contributed by atoms with Crippen molar-refractivity contribution < 1.29 is 0 Å². The molecule has 80 valence electrons. The molecule has 0 aromatic carbocycles. The maximum atomic E-state index is 5.80. The lowest BCUT2D eigenvalue weighted by Gasteiger charge is -2.26. The number of aryl methyl sites for hydroxylation is 1. The van der Waals surface area contributed by atoms with Crippen molar-refractivity contribution in [3.63, 3.8) is 0 Å². The van der Waals surface area contributed by atoms with Gasteiger partial charge in [0.25, 0.3) is 0 Å². The molecule has 14 heavy (non-hydrogen) atoms. The van der Waals surface area contributed by atoms with E-state index in [0.29, 0.717) is 5.82 Å². The molecule has 0 atom stereocenters. The smallest absolute Gasteiger partial charge is 0.171 e. The van der Waals surface area contributed by atoms with Crippen molar-refractivity contribution in [3.05, 3.63) is 5.82 Å². The van der Waals surface area contributed by atoms with Gasteiger partial charge in [-0.15, -0.1) is 0 Å². The Kier molecular flexibility index (Phi) is 2.73. The van der Waals surface area contributed by atoms with Crippen molar-refractivity contribution in [2.75, 3.05) is 24.2 Å². The van der Waals surface area contributed by atoms with E-state index in [1.165, 1.54) is 0 Å². The minimum Gasteiger partial charge on any atom is -0.382 e. The van der Waals surface area contributed by atoms with Crippen LogP contribution in [0.4, 0.5) is 11.6 Å². The minimum atomic E-state index is 0.244. The van der Waals surface area contributed by atoms with Gasteiger partial charge in [0.2, 0.25) is 0 Å². The number of hydrogen-bond acceptors (Lipinski definition) is 3. The number of hydrogen-bond donors (Lipinski definition) is 2. The number of imidazole rings is 1. The molecule has 1 rings (SSSR count). The molecule has 3 N–H and O–H groups in total. The Morgan fingerprint density at radius 1 is 1.43 bits per heavy atom. The van der Waals surface area contributed by atoms with E-state index < -0.39 is 0 Å². The number of rotatable bonds is 2. The quantitative estimate of drug-likeness (QED) is 0.758. The van der Waals surface area contributed by atoms with Gasteiger partial charge in [0.1, 0.15) is 11.6 Å². The minimum absolute atomic E-state index is 0.244. The Balaban J connectivity index is 2.79. The Hall–Kier alpha value is -1.19. The maximum Gasteiger partial charge on any atom is 0.171 e. The highest BCUT2D eigenvalue weighted by atomic mass is 15.2. The van der Waals surface area contributed by atoms with Crippen LogP contribution >= 0.6 is 0 Å². The molecule has 4 heteroatoms. The van der Waals surface area contributed by atoms with Crippen molar-refractivity contribution in [3.8, 4) is 0 Å². The molecule has 0 radical (unpaired) electrons. The molecule has 0 aliphatic heterocycles. The highest BCUT2D eigenvalue weighted by Gasteiger charge is 2.17. The lowest BCUT2D eigenvalue weighted by Crippen LogP contribution is -2.29. The average Bonchev–Trinajstić information content (AvgIpc) is 2.26. The number of nitrogens with two attached hydrogens (primary N) is 1. The molecular formula is C10H20N4. The molecule has 0 fully saturated rings. The van der Waals surface area contributed by atoms with Crippen molar-refractivity contribution in [2.24, 2.45) is 5.41 Å². The monoisotopic (exact) mass is 196 g/mol. The number of nitrogen functional groups attached to an aromatic ring is 1. The van der Waals surface area contributed by atoms with Gasteiger partial charge in [-0.3, -0.25) is 0 Å². The van der Waals surface area contributed by atoms with E-state index in [9.17, 15) is 0 Å². The van der Waals surface area contributed by atoms with Crippen LogP contribution in [0.5, 0.6) is 0 Å². The number of nitrogens with one attached hydrogen (secondary N) is 1.